The summed E-state index contributed by atoms with van der Waals surface area (Å²) in [5.74, 6) is 2.47. The van der Waals surface area contributed by atoms with Crippen LogP contribution in [0.1, 0.15) is 40.0 Å². The van der Waals surface area contributed by atoms with Crippen molar-refractivity contribution in [3.05, 3.63) is 25.3 Å². The zero-order valence-corrected chi connectivity index (χ0v) is 13.8. The van der Waals surface area contributed by atoms with E-state index in [9.17, 15) is 0 Å². The van der Waals surface area contributed by atoms with Gasteiger partial charge in [0.2, 0.25) is 0 Å². The van der Waals surface area contributed by atoms with Crippen LogP contribution < -0.4 is 5.32 Å². The molecule has 1 saturated carbocycles. The van der Waals surface area contributed by atoms with E-state index in [0.717, 1.165) is 37.4 Å². The van der Waals surface area contributed by atoms with Gasteiger partial charge in [-0.15, -0.1) is 13.2 Å². The average molecular weight is 278 g/mol. The van der Waals surface area contributed by atoms with Crippen molar-refractivity contribution in [1.29, 1.82) is 0 Å². The van der Waals surface area contributed by atoms with Gasteiger partial charge in [-0.1, -0.05) is 32.9 Å². The number of rotatable bonds is 9. The molecule has 1 fully saturated rings. The minimum Gasteiger partial charge on any atom is -0.314 e. The molecule has 3 atom stereocenters. The van der Waals surface area contributed by atoms with Crippen molar-refractivity contribution in [3.63, 3.8) is 0 Å². The van der Waals surface area contributed by atoms with Gasteiger partial charge in [-0.25, -0.2) is 0 Å². The molecule has 0 aromatic heterocycles. The summed E-state index contributed by atoms with van der Waals surface area (Å²) in [4.78, 5) is 2.47. The molecule has 0 aromatic carbocycles. The molecular formula is C18H34N2. The van der Waals surface area contributed by atoms with Crippen molar-refractivity contribution in [2.75, 3.05) is 26.2 Å². The van der Waals surface area contributed by atoms with E-state index >= 15 is 0 Å². The van der Waals surface area contributed by atoms with Crippen LogP contribution in [0.15, 0.2) is 25.3 Å². The molecule has 2 heteroatoms. The Kier molecular flexibility index (Phi) is 8.16. The summed E-state index contributed by atoms with van der Waals surface area (Å²) in [6.07, 6.45) is 8.09. The van der Waals surface area contributed by atoms with Gasteiger partial charge in [0.25, 0.3) is 0 Å². The van der Waals surface area contributed by atoms with Crippen LogP contribution in [0.3, 0.4) is 0 Å². The third-order valence-electron chi connectivity index (χ3n) is 4.70. The van der Waals surface area contributed by atoms with Crippen LogP contribution in [-0.2, 0) is 0 Å². The molecule has 0 radical (unpaired) electrons. The molecule has 3 unspecified atom stereocenters. The molecule has 0 amide bonds. The lowest BCUT2D eigenvalue weighted by Crippen LogP contribution is -2.46. The topological polar surface area (TPSA) is 15.3 Å². The van der Waals surface area contributed by atoms with Crippen molar-refractivity contribution < 1.29 is 0 Å². The van der Waals surface area contributed by atoms with Crippen molar-refractivity contribution in [2.24, 2.45) is 17.8 Å². The number of nitrogens with zero attached hydrogens (tertiary/aromatic N) is 1. The monoisotopic (exact) mass is 278 g/mol. The standard InChI is InChI=1S/C18H34N2/c1-6-11-20(12-7-2)14-17-13-16(15(4)5)9-10-18(17)19-8-3/h6-7,15-19H,1-2,8-14H2,3-5H3. The summed E-state index contributed by atoms with van der Waals surface area (Å²) in [5.41, 5.74) is 0. The molecule has 116 valence electrons. The van der Waals surface area contributed by atoms with Crippen LogP contribution in [-0.4, -0.2) is 37.1 Å². The Hall–Kier alpha value is -0.600. The molecule has 1 aliphatic carbocycles. The molecule has 0 aromatic rings. The van der Waals surface area contributed by atoms with E-state index in [1.54, 1.807) is 0 Å². The molecule has 1 aliphatic rings. The van der Waals surface area contributed by atoms with Gasteiger partial charge in [-0.3, -0.25) is 4.90 Å². The van der Waals surface area contributed by atoms with Crippen LogP contribution >= 0.6 is 0 Å². The van der Waals surface area contributed by atoms with Crippen molar-refractivity contribution in [3.8, 4) is 0 Å². The zero-order valence-electron chi connectivity index (χ0n) is 13.8. The lowest BCUT2D eigenvalue weighted by atomic mass is 9.73. The first-order valence-electron chi connectivity index (χ1n) is 8.29. The second kappa shape index (κ2) is 9.36. The fraction of sp³-hybridized carbons (Fsp3) is 0.778. The maximum Gasteiger partial charge on any atom is 0.0164 e. The third-order valence-corrected chi connectivity index (χ3v) is 4.70. The van der Waals surface area contributed by atoms with E-state index in [1.165, 1.54) is 25.8 Å². The average Bonchev–Trinajstić information content (AvgIpc) is 2.41. The van der Waals surface area contributed by atoms with Gasteiger partial charge in [0.15, 0.2) is 0 Å². The molecule has 0 heterocycles. The van der Waals surface area contributed by atoms with Crippen LogP contribution in [0.2, 0.25) is 0 Å². The fourth-order valence-electron chi connectivity index (χ4n) is 3.56. The number of hydrogen-bond acceptors (Lipinski definition) is 2. The van der Waals surface area contributed by atoms with Crippen molar-refractivity contribution in [1.82, 2.24) is 10.2 Å². The van der Waals surface area contributed by atoms with Gasteiger partial charge < -0.3 is 5.32 Å². The minimum atomic E-state index is 0.687. The number of nitrogens with one attached hydrogen (secondary N) is 1. The van der Waals surface area contributed by atoms with E-state index < -0.39 is 0 Å². The zero-order chi connectivity index (χ0) is 15.0. The predicted molar refractivity (Wildman–Crippen MR) is 90.0 cm³/mol. The number of hydrogen-bond donors (Lipinski definition) is 1. The molecule has 0 bridgehead atoms. The second-order valence-corrected chi connectivity index (χ2v) is 6.54. The first-order valence-corrected chi connectivity index (χ1v) is 8.29. The van der Waals surface area contributed by atoms with Crippen molar-refractivity contribution in [2.45, 2.75) is 46.1 Å². The quantitative estimate of drug-likeness (QED) is 0.647. The van der Waals surface area contributed by atoms with Crippen LogP contribution in [0, 0.1) is 17.8 Å². The summed E-state index contributed by atoms with van der Waals surface area (Å²) in [7, 11) is 0. The highest BCUT2D eigenvalue weighted by Crippen LogP contribution is 2.34. The summed E-state index contributed by atoms with van der Waals surface area (Å²) in [5, 5.41) is 3.71. The Morgan fingerprint density at radius 3 is 2.35 bits per heavy atom. The van der Waals surface area contributed by atoms with Crippen LogP contribution in [0.4, 0.5) is 0 Å². The van der Waals surface area contributed by atoms with Gasteiger partial charge in [0, 0.05) is 25.7 Å². The first kappa shape index (κ1) is 17.5. The van der Waals surface area contributed by atoms with Crippen LogP contribution in [0.25, 0.3) is 0 Å². The van der Waals surface area contributed by atoms with E-state index in [1.807, 2.05) is 12.2 Å². The minimum absolute atomic E-state index is 0.687. The summed E-state index contributed by atoms with van der Waals surface area (Å²) in [6.45, 7) is 18.9. The smallest absolute Gasteiger partial charge is 0.0164 e. The van der Waals surface area contributed by atoms with Gasteiger partial charge in [0.05, 0.1) is 0 Å². The fourth-order valence-corrected chi connectivity index (χ4v) is 3.56. The normalized spacial score (nSPS) is 26.9. The summed E-state index contributed by atoms with van der Waals surface area (Å²) >= 11 is 0. The molecule has 0 saturated heterocycles. The van der Waals surface area contributed by atoms with Crippen LogP contribution in [0.5, 0.6) is 0 Å². The van der Waals surface area contributed by atoms with E-state index in [4.69, 9.17) is 0 Å². The highest BCUT2D eigenvalue weighted by Gasteiger charge is 2.32. The van der Waals surface area contributed by atoms with E-state index in [0.29, 0.717) is 6.04 Å². The van der Waals surface area contributed by atoms with Gasteiger partial charge in [0.1, 0.15) is 0 Å². The van der Waals surface area contributed by atoms with Gasteiger partial charge >= 0.3 is 0 Å². The first-order chi connectivity index (χ1) is 9.62. The molecule has 20 heavy (non-hydrogen) atoms. The highest BCUT2D eigenvalue weighted by atomic mass is 15.1. The van der Waals surface area contributed by atoms with Crippen molar-refractivity contribution >= 4 is 0 Å². The molecule has 0 spiro atoms. The maximum absolute atomic E-state index is 3.88. The van der Waals surface area contributed by atoms with Gasteiger partial charge in [-0.2, -0.15) is 0 Å². The largest absolute Gasteiger partial charge is 0.314 e. The Morgan fingerprint density at radius 1 is 1.20 bits per heavy atom. The molecule has 0 aliphatic heterocycles. The Bertz CT molecular complexity index is 275. The SMILES string of the molecule is C=CCN(CC=C)CC1CC(C(C)C)CCC1NCC. The molecule has 1 rings (SSSR count). The Morgan fingerprint density at radius 2 is 1.85 bits per heavy atom. The summed E-state index contributed by atoms with van der Waals surface area (Å²) in [6, 6.07) is 0.687. The maximum atomic E-state index is 3.88. The Balaban J connectivity index is 2.66. The van der Waals surface area contributed by atoms with E-state index in [-0.39, 0.29) is 0 Å². The third kappa shape index (κ3) is 5.41. The molecule has 1 N–H and O–H groups in total. The lowest BCUT2D eigenvalue weighted by molar-refractivity contribution is 0.132. The predicted octanol–water partition coefficient (Wildman–Crippen LogP) is 3.71. The lowest BCUT2D eigenvalue weighted by Gasteiger charge is -2.40. The second-order valence-electron chi connectivity index (χ2n) is 6.54. The highest BCUT2D eigenvalue weighted by molar-refractivity contribution is 4.89. The molecular weight excluding hydrogens is 244 g/mol. The Labute approximate surface area is 126 Å². The van der Waals surface area contributed by atoms with E-state index in [2.05, 4.69) is 44.1 Å². The van der Waals surface area contributed by atoms with Gasteiger partial charge in [-0.05, 0) is 43.6 Å². The summed E-state index contributed by atoms with van der Waals surface area (Å²) < 4.78 is 0. The molecule has 2 nitrogen and oxygen atoms in total.